The lowest BCUT2D eigenvalue weighted by atomic mass is 10.1. The minimum Gasteiger partial charge on any atom is -0.389 e. The van der Waals surface area contributed by atoms with Crippen molar-refractivity contribution in [3.63, 3.8) is 0 Å². The van der Waals surface area contributed by atoms with Crippen molar-refractivity contribution < 1.29 is 9.90 Å². The minimum absolute atomic E-state index is 0.141. The predicted molar refractivity (Wildman–Crippen MR) is 91.9 cm³/mol. The topological polar surface area (TPSA) is 81.6 Å². The van der Waals surface area contributed by atoms with Crippen LogP contribution in [-0.4, -0.2) is 69.0 Å². The third-order valence-corrected chi connectivity index (χ3v) is 4.56. The number of aromatic nitrogens is 2. The van der Waals surface area contributed by atoms with Crippen LogP contribution < -0.4 is 5.32 Å². The molecule has 2 aliphatic rings. The van der Waals surface area contributed by atoms with Crippen LogP contribution in [0.25, 0.3) is 0 Å². The zero-order chi connectivity index (χ0) is 17.3. The zero-order valence-electron chi connectivity index (χ0n) is 14.7. The quantitative estimate of drug-likeness (QED) is 0.876. The number of hydrogen-bond acceptors (Lipinski definition) is 5. The van der Waals surface area contributed by atoms with Gasteiger partial charge in [0.2, 0.25) is 0 Å². The van der Waals surface area contributed by atoms with Gasteiger partial charge in [0.1, 0.15) is 0 Å². The van der Waals surface area contributed by atoms with Gasteiger partial charge in [0.25, 0.3) is 0 Å². The summed E-state index contributed by atoms with van der Waals surface area (Å²) in [5.74, 6) is 1.06. The number of carbonyl (C=O) groups is 1. The maximum Gasteiger partial charge on any atom is 0.323 e. The van der Waals surface area contributed by atoms with Crippen LogP contribution in [0.15, 0.2) is 12.1 Å². The second-order valence-electron chi connectivity index (χ2n) is 7.63. The highest BCUT2D eigenvalue weighted by Gasteiger charge is 2.30. The molecule has 0 bridgehead atoms. The first-order valence-corrected chi connectivity index (χ1v) is 8.68. The summed E-state index contributed by atoms with van der Waals surface area (Å²) in [5.41, 5.74) is 0.291. The van der Waals surface area contributed by atoms with Crippen LogP contribution in [0, 0.1) is 0 Å². The summed E-state index contributed by atoms with van der Waals surface area (Å²) in [6.45, 7) is 8.33. The first-order chi connectivity index (χ1) is 11.3. The van der Waals surface area contributed by atoms with Crippen LogP contribution in [0.2, 0.25) is 0 Å². The monoisotopic (exact) mass is 333 g/mol. The highest BCUT2D eigenvalue weighted by atomic mass is 16.3. The van der Waals surface area contributed by atoms with E-state index in [1.807, 2.05) is 26.0 Å². The van der Waals surface area contributed by atoms with Crippen LogP contribution in [0.3, 0.4) is 0 Å². The lowest BCUT2D eigenvalue weighted by Gasteiger charge is -2.41. The molecule has 2 N–H and O–H groups in total. The maximum atomic E-state index is 12.4. The zero-order valence-corrected chi connectivity index (χ0v) is 14.7. The number of urea groups is 1. The van der Waals surface area contributed by atoms with Crippen molar-refractivity contribution in [3.8, 4) is 0 Å². The van der Waals surface area contributed by atoms with Crippen molar-refractivity contribution in [2.24, 2.45) is 0 Å². The Hall–Kier alpha value is -1.73. The van der Waals surface area contributed by atoms with Gasteiger partial charge in [-0.25, -0.2) is 4.79 Å². The molecule has 132 valence electrons. The Bertz CT molecular complexity index is 580. The number of hydrogen-bond donors (Lipinski definition) is 2. The molecule has 3 rings (SSSR count). The van der Waals surface area contributed by atoms with E-state index >= 15 is 0 Å². The first kappa shape index (κ1) is 17.1. The van der Waals surface area contributed by atoms with Crippen molar-refractivity contribution in [1.82, 2.24) is 20.0 Å². The Morgan fingerprint density at radius 2 is 2.08 bits per heavy atom. The standard InChI is InChI=1S/C17H27N5O2/c1-12-10-21(8-9-22(12)11-17(2,3)24)16(23)18-15-7-6-14(19-20-15)13-4-5-13/h6-7,12-13,24H,4-5,8-11H2,1-3H3,(H,18,20,23). The van der Waals surface area contributed by atoms with E-state index in [-0.39, 0.29) is 12.1 Å². The van der Waals surface area contributed by atoms with Gasteiger partial charge in [0.05, 0.1) is 11.3 Å². The molecule has 2 heterocycles. The van der Waals surface area contributed by atoms with E-state index in [4.69, 9.17) is 0 Å². The summed E-state index contributed by atoms with van der Waals surface area (Å²) < 4.78 is 0. The summed E-state index contributed by atoms with van der Waals surface area (Å²) in [5, 5.41) is 21.1. The molecule has 0 spiro atoms. The average Bonchev–Trinajstić information content (AvgIpc) is 3.33. The number of amides is 2. The summed E-state index contributed by atoms with van der Waals surface area (Å²) >= 11 is 0. The fraction of sp³-hybridized carbons (Fsp3) is 0.706. The fourth-order valence-corrected chi connectivity index (χ4v) is 3.11. The van der Waals surface area contributed by atoms with Gasteiger partial charge in [-0.05, 0) is 45.7 Å². The second kappa shape index (κ2) is 6.64. The lowest BCUT2D eigenvalue weighted by Crippen LogP contribution is -2.57. The molecule has 1 aliphatic carbocycles. The minimum atomic E-state index is -0.725. The van der Waals surface area contributed by atoms with Crippen LogP contribution in [0.4, 0.5) is 10.6 Å². The first-order valence-electron chi connectivity index (χ1n) is 8.68. The number of β-amino-alcohol motifs (C(OH)–C–C–N with tert-alkyl or cyclic N) is 1. The van der Waals surface area contributed by atoms with Crippen LogP contribution >= 0.6 is 0 Å². The molecule has 0 aromatic carbocycles. The van der Waals surface area contributed by atoms with Crippen molar-refractivity contribution in [2.45, 2.75) is 51.2 Å². The Balaban J connectivity index is 1.52. The Labute approximate surface area is 143 Å². The molecule has 1 saturated heterocycles. The van der Waals surface area contributed by atoms with Gasteiger partial charge in [0.15, 0.2) is 5.82 Å². The van der Waals surface area contributed by atoms with E-state index in [2.05, 4.69) is 27.3 Å². The summed E-state index contributed by atoms with van der Waals surface area (Å²) in [4.78, 5) is 16.4. The SMILES string of the molecule is CC1CN(C(=O)Nc2ccc(C3CC3)nn2)CCN1CC(C)(C)O. The molecular weight excluding hydrogens is 306 g/mol. The highest BCUT2D eigenvalue weighted by molar-refractivity contribution is 5.88. The van der Waals surface area contributed by atoms with Crippen molar-refractivity contribution in [1.29, 1.82) is 0 Å². The third kappa shape index (κ3) is 4.42. The molecule has 7 nitrogen and oxygen atoms in total. The van der Waals surface area contributed by atoms with Gasteiger partial charge in [-0.3, -0.25) is 10.2 Å². The van der Waals surface area contributed by atoms with Gasteiger partial charge >= 0.3 is 6.03 Å². The molecule has 2 fully saturated rings. The smallest absolute Gasteiger partial charge is 0.323 e. The predicted octanol–water partition coefficient (Wildman–Crippen LogP) is 1.66. The Morgan fingerprint density at radius 1 is 1.33 bits per heavy atom. The van der Waals surface area contributed by atoms with E-state index in [0.717, 1.165) is 12.2 Å². The molecule has 1 aromatic heterocycles. The number of piperazine rings is 1. The van der Waals surface area contributed by atoms with Crippen LogP contribution in [0.5, 0.6) is 0 Å². The number of anilines is 1. The Kier molecular flexibility index (Phi) is 4.73. The number of aliphatic hydroxyl groups is 1. The summed E-state index contributed by atoms with van der Waals surface area (Å²) in [6, 6.07) is 3.84. The van der Waals surface area contributed by atoms with E-state index in [9.17, 15) is 9.90 Å². The van der Waals surface area contributed by atoms with Gasteiger partial charge in [0, 0.05) is 38.1 Å². The largest absolute Gasteiger partial charge is 0.389 e. The lowest BCUT2D eigenvalue weighted by molar-refractivity contribution is 0.00376. The third-order valence-electron chi connectivity index (χ3n) is 4.56. The van der Waals surface area contributed by atoms with E-state index in [1.165, 1.54) is 12.8 Å². The van der Waals surface area contributed by atoms with Gasteiger partial charge in [-0.2, -0.15) is 5.10 Å². The van der Waals surface area contributed by atoms with Gasteiger partial charge in [-0.1, -0.05) is 0 Å². The molecule has 7 heteroatoms. The molecular formula is C17H27N5O2. The normalized spacial score (nSPS) is 22.5. The second-order valence-corrected chi connectivity index (χ2v) is 7.63. The van der Waals surface area contributed by atoms with E-state index < -0.39 is 5.60 Å². The van der Waals surface area contributed by atoms with E-state index in [1.54, 1.807) is 4.90 Å². The van der Waals surface area contributed by atoms with Crippen LogP contribution in [-0.2, 0) is 0 Å². The number of rotatable bonds is 4. The number of carbonyl (C=O) groups excluding carboxylic acids is 1. The summed E-state index contributed by atoms with van der Waals surface area (Å²) in [6.07, 6.45) is 2.38. The average molecular weight is 333 g/mol. The molecule has 1 aromatic rings. The highest BCUT2D eigenvalue weighted by Crippen LogP contribution is 2.38. The van der Waals surface area contributed by atoms with E-state index in [0.29, 0.717) is 31.4 Å². The summed E-state index contributed by atoms with van der Waals surface area (Å²) in [7, 11) is 0. The molecule has 1 unspecified atom stereocenters. The molecule has 24 heavy (non-hydrogen) atoms. The van der Waals surface area contributed by atoms with Gasteiger partial charge < -0.3 is 10.0 Å². The molecule has 1 aliphatic heterocycles. The number of nitrogens with one attached hydrogen (secondary N) is 1. The fourth-order valence-electron chi connectivity index (χ4n) is 3.11. The Morgan fingerprint density at radius 3 is 2.62 bits per heavy atom. The molecule has 2 amide bonds. The van der Waals surface area contributed by atoms with Crippen LogP contribution in [0.1, 0.15) is 45.2 Å². The van der Waals surface area contributed by atoms with Gasteiger partial charge in [-0.15, -0.1) is 5.10 Å². The molecule has 0 radical (unpaired) electrons. The van der Waals surface area contributed by atoms with Crippen molar-refractivity contribution in [2.75, 3.05) is 31.5 Å². The maximum absolute atomic E-state index is 12.4. The van der Waals surface area contributed by atoms with Crippen molar-refractivity contribution in [3.05, 3.63) is 17.8 Å². The number of nitrogens with zero attached hydrogens (tertiary/aromatic N) is 4. The molecule has 1 saturated carbocycles. The molecule has 1 atom stereocenters. The van der Waals surface area contributed by atoms with Crippen molar-refractivity contribution >= 4 is 11.8 Å².